The van der Waals surface area contributed by atoms with E-state index in [1.807, 2.05) is 0 Å². The maximum atomic E-state index is 5.18. The zero-order chi connectivity index (χ0) is 13.0. The highest BCUT2D eigenvalue weighted by molar-refractivity contribution is 5.92. The molecule has 0 radical (unpaired) electrons. The van der Waals surface area contributed by atoms with Crippen LogP contribution in [-0.2, 0) is 17.8 Å². The largest absolute Gasteiger partial charge is 0.385 e. The first kappa shape index (κ1) is 12.8. The second-order valence-corrected chi connectivity index (χ2v) is 4.33. The lowest BCUT2D eigenvalue weighted by Crippen LogP contribution is -2.01. The van der Waals surface area contributed by atoms with E-state index in [9.17, 15) is 0 Å². The molecule has 1 N–H and O–H groups in total. The molecule has 0 saturated carbocycles. The summed E-state index contributed by atoms with van der Waals surface area (Å²) < 4.78 is 5.18. The SMILES string of the molecule is CCNc1cc(CC)nc2ccc(COC)cc12. The molecular weight excluding hydrogens is 224 g/mol. The van der Waals surface area contributed by atoms with Gasteiger partial charge in [-0.15, -0.1) is 0 Å². The molecule has 1 heterocycles. The lowest BCUT2D eigenvalue weighted by Gasteiger charge is -2.11. The highest BCUT2D eigenvalue weighted by atomic mass is 16.5. The molecule has 0 atom stereocenters. The number of anilines is 1. The molecule has 1 aromatic heterocycles. The van der Waals surface area contributed by atoms with Crippen LogP contribution in [0.25, 0.3) is 10.9 Å². The summed E-state index contributed by atoms with van der Waals surface area (Å²) in [5, 5.41) is 4.58. The summed E-state index contributed by atoms with van der Waals surface area (Å²) in [6.07, 6.45) is 0.953. The molecule has 0 fully saturated rings. The minimum Gasteiger partial charge on any atom is -0.385 e. The Kier molecular flexibility index (Phi) is 4.15. The summed E-state index contributed by atoms with van der Waals surface area (Å²) in [6, 6.07) is 8.45. The van der Waals surface area contributed by atoms with E-state index in [1.54, 1.807) is 7.11 Å². The lowest BCUT2D eigenvalue weighted by molar-refractivity contribution is 0.185. The standard InChI is InChI=1S/C15H20N2O/c1-4-12-9-15(16-5-2)13-8-11(10-18-3)6-7-14(13)17-12/h6-9H,4-5,10H2,1-3H3,(H,16,17). The molecule has 0 spiro atoms. The number of nitrogens with zero attached hydrogens (tertiary/aromatic N) is 1. The summed E-state index contributed by atoms with van der Waals surface area (Å²) in [5.74, 6) is 0. The van der Waals surface area contributed by atoms with Gasteiger partial charge in [-0.1, -0.05) is 13.0 Å². The maximum absolute atomic E-state index is 5.18. The van der Waals surface area contributed by atoms with Gasteiger partial charge in [0, 0.05) is 30.4 Å². The van der Waals surface area contributed by atoms with Crippen LogP contribution in [0.1, 0.15) is 25.1 Å². The van der Waals surface area contributed by atoms with Crippen LogP contribution in [0.5, 0.6) is 0 Å². The van der Waals surface area contributed by atoms with Crippen molar-refractivity contribution >= 4 is 16.6 Å². The van der Waals surface area contributed by atoms with E-state index >= 15 is 0 Å². The van der Waals surface area contributed by atoms with E-state index < -0.39 is 0 Å². The second-order valence-electron chi connectivity index (χ2n) is 4.33. The number of hydrogen-bond acceptors (Lipinski definition) is 3. The third-order valence-electron chi connectivity index (χ3n) is 2.97. The Bertz CT molecular complexity index is 537. The monoisotopic (exact) mass is 244 g/mol. The third-order valence-corrected chi connectivity index (χ3v) is 2.97. The van der Waals surface area contributed by atoms with Crippen LogP contribution in [0.2, 0.25) is 0 Å². The highest BCUT2D eigenvalue weighted by Gasteiger charge is 2.05. The quantitative estimate of drug-likeness (QED) is 0.875. The summed E-state index contributed by atoms with van der Waals surface area (Å²) >= 11 is 0. The van der Waals surface area contributed by atoms with Gasteiger partial charge in [-0.2, -0.15) is 0 Å². The molecule has 0 saturated heterocycles. The van der Waals surface area contributed by atoms with E-state index in [0.717, 1.165) is 29.9 Å². The molecular formula is C15H20N2O. The van der Waals surface area contributed by atoms with E-state index in [-0.39, 0.29) is 0 Å². The van der Waals surface area contributed by atoms with Gasteiger partial charge in [0.1, 0.15) is 0 Å². The average Bonchev–Trinajstić information content (AvgIpc) is 2.39. The summed E-state index contributed by atoms with van der Waals surface area (Å²) in [5.41, 5.74) is 4.51. The van der Waals surface area contributed by atoms with Gasteiger partial charge in [0.05, 0.1) is 12.1 Å². The van der Waals surface area contributed by atoms with Gasteiger partial charge in [-0.05, 0) is 37.1 Å². The van der Waals surface area contributed by atoms with Crippen LogP contribution in [0, 0.1) is 0 Å². The number of fused-ring (bicyclic) bond motifs is 1. The fraction of sp³-hybridized carbons (Fsp3) is 0.400. The first-order chi connectivity index (χ1) is 8.78. The van der Waals surface area contributed by atoms with Crippen molar-refractivity contribution in [3.63, 3.8) is 0 Å². The van der Waals surface area contributed by atoms with Crippen molar-refractivity contribution in [3.8, 4) is 0 Å². The Labute approximate surface area is 108 Å². The van der Waals surface area contributed by atoms with Gasteiger partial charge in [-0.3, -0.25) is 4.98 Å². The molecule has 3 heteroatoms. The van der Waals surface area contributed by atoms with Crippen molar-refractivity contribution in [2.24, 2.45) is 0 Å². The Morgan fingerprint density at radius 2 is 2.06 bits per heavy atom. The first-order valence-corrected chi connectivity index (χ1v) is 6.43. The van der Waals surface area contributed by atoms with E-state index in [2.05, 4.69) is 48.4 Å². The first-order valence-electron chi connectivity index (χ1n) is 6.43. The Hall–Kier alpha value is -1.61. The number of pyridine rings is 1. The number of benzene rings is 1. The van der Waals surface area contributed by atoms with Gasteiger partial charge < -0.3 is 10.1 Å². The molecule has 2 aromatic rings. The van der Waals surface area contributed by atoms with Crippen molar-refractivity contribution in [2.45, 2.75) is 26.9 Å². The summed E-state index contributed by atoms with van der Waals surface area (Å²) in [4.78, 5) is 4.66. The van der Waals surface area contributed by atoms with Gasteiger partial charge in [-0.25, -0.2) is 0 Å². The van der Waals surface area contributed by atoms with Crippen molar-refractivity contribution in [1.29, 1.82) is 0 Å². The second kappa shape index (κ2) is 5.83. The molecule has 0 aliphatic heterocycles. The van der Waals surface area contributed by atoms with Crippen LogP contribution in [0.15, 0.2) is 24.3 Å². The predicted molar refractivity (Wildman–Crippen MR) is 76.0 cm³/mol. The molecule has 1 aromatic carbocycles. The zero-order valence-corrected chi connectivity index (χ0v) is 11.3. The number of rotatable bonds is 5. The van der Waals surface area contributed by atoms with Crippen LogP contribution in [0.3, 0.4) is 0 Å². The lowest BCUT2D eigenvalue weighted by atomic mass is 10.1. The fourth-order valence-corrected chi connectivity index (χ4v) is 2.10. The van der Waals surface area contributed by atoms with Crippen molar-refractivity contribution in [2.75, 3.05) is 19.0 Å². The number of hydrogen-bond donors (Lipinski definition) is 1. The highest BCUT2D eigenvalue weighted by Crippen LogP contribution is 2.25. The summed E-state index contributed by atoms with van der Waals surface area (Å²) in [6.45, 7) is 5.79. The van der Waals surface area contributed by atoms with Crippen LogP contribution >= 0.6 is 0 Å². The molecule has 18 heavy (non-hydrogen) atoms. The number of aromatic nitrogens is 1. The molecule has 0 aliphatic rings. The van der Waals surface area contributed by atoms with Gasteiger partial charge in [0.25, 0.3) is 0 Å². The van der Waals surface area contributed by atoms with Gasteiger partial charge in [0.2, 0.25) is 0 Å². The molecule has 2 rings (SSSR count). The minimum atomic E-state index is 0.636. The van der Waals surface area contributed by atoms with E-state index in [1.165, 1.54) is 10.9 Å². The predicted octanol–water partition coefficient (Wildman–Crippen LogP) is 3.38. The smallest absolute Gasteiger partial charge is 0.0726 e. The normalized spacial score (nSPS) is 10.8. The molecule has 0 unspecified atom stereocenters. The zero-order valence-electron chi connectivity index (χ0n) is 11.3. The average molecular weight is 244 g/mol. The number of ether oxygens (including phenoxy) is 1. The van der Waals surface area contributed by atoms with Crippen LogP contribution in [-0.4, -0.2) is 18.6 Å². The molecule has 0 bridgehead atoms. The van der Waals surface area contributed by atoms with Gasteiger partial charge in [0.15, 0.2) is 0 Å². The van der Waals surface area contributed by atoms with E-state index in [0.29, 0.717) is 6.61 Å². The Balaban J connectivity index is 2.55. The van der Waals surface area contributed by atoms with Crippen molar-refractivity contribution in [1.82, 2.24) is 4.98 Å². The topological polar surface area (TPSA) is 34.2 Å². The molecule has 0 aliphatic carbocycles. The Morgan fingerprint density at radius 3 is 2.72 bits per heavy atom. The molecule has 96 valence electrons. The number of nitrogens with one attached hydrogen (secondary N) is 1. The molecule has 0 amide bonds. The van der Waals surface area contributed by atoms with Crippen LogP contribution < -0.4 is 5.32 Å². The van der Waals surface area contributed by atoms with Crippen molar-refractivity contribution in [3.05, 3.63) is 35.5 Å². The van der Waals surface area contributed by atoms with E-state index in [4.69, 9.17) is 4.74 Å². The Morgan fingerprint density at radius 1 is 1.22 bits per heavy atom. The van der Waals surface area contributed by atoms with Gasteiger partial charge >= 0.3 is 0 Å². The van der Waals surface area contributed by atoms with Crippen molar-refractivity contribution < 1.29 is 4.74 Å². The molecule has 3 nitrogen and oxygen atoms in total. The number of methoxy groups -OCH3 is 1. The number of aryl methyl sites for hydroxylation is 1. The third kappa shape index (κ3) is 2.62. The minimum absolute atomic E-state index is 0.636. The fourth-order valence-electron chi connectivity index (χ4n) is 2.10. The van der Waals surface area contributed by atoms with Crippen LogP contribution in [0.4, 0.5) is 5.69 Å². The maximum Gasteiger partial charge on any atom is 0.0726 e. The summed E-state index contributed by atoms with van der Waals surface area (Å²) in [7, 11) is 1.72.